The third kappa shape index (κ3) is 4.72. The zero-order valence-corrected chi connectivity index (χ0v) is 14.3. The Morgan fingerprint density at radius 2 is 2.15 bits per heavy atom. The number of anilines is 1. The molecule has 0 spiro atoms. The molecule has 1 rings (SSSR count). The average Bonchev–Trinajstić information content (AvgIpc) is 2.70. The smallest absolute Gasteiger partial charge is 0.252 e. The van der Waals surface area contributed by atoms with Crippen LogP contribution in [0.15, 0.2) is 4.21 Å². The van der Waals surface area contributed by atoms with Crippen molar-refractivity contribution in [3.8, 4) is 0 Å². The van der Waals surface area contributed by atoms with Gasteiger partial charge < -0.3 is 5.32 Å². The standard InChI is InChI=1S/C11H19N3O3S3/c1-5-9(15)13-11-12-8(3)10(19-11)20(16,17)14-7(2)6-18-4/h7,14H,5-6H2,1-4H3,(H,12,13,15). The summed E-state index contributed by atoms with van der Waals surface area (Å²) in [6.45, 7) is 5.15. The fraction of sp³-hybridized carbons (Fsp3) is 0.636. The minimum absolute atomic E-state index is 0.150. The molecular weight excluding hydrogens is 318 g/mol. The molecule has 1 heterocycles. The first-order valence-corrected chi connectivity index (χ1v) is 9.78. The van der Waals surface area contributed by atoms with Crippen LogP contribution in [0.25, 0.3) is 0 Å². The zero-order valence-electron chi connectivity index (χ0n) is 11.9. The second kappa shape index (κ2) is 7.39. The Hall–Kier alpha value is -0.640. The van der Waals surface area contributed by atoms with E-state index in [0.29, 0.717) is 23.0 Å². The zero-order chi connectivity index (χ0) is 15.3. The molecule has 0 aliphatic rings. The van der Waals surface area contributed by atoms with Crippen molar-refractivity contribution in [2.45, 2.75) is 37.4 Å². The summed E-state index contributed by atoms with van der Waals surface area (Å²) in [5.41, 5.74) is 0.394. The first-order valence-electron chi connectivity index (χ1n) is 6.08. The molecule has 6 nitrogen and oxygen atoms in total. The fourth-order valence-corrected chi connectivity index (χ4v) is 4.88. The Labute approximate surface area is 127 Å². The van der Waals surface area contributed by atoms with Crippen molar-refractivity contribution in [3.05, 3.63) is 5.69 Å². The van der Waals surface area contributed by atoms with Crippen LogP contribution in [0, 0.1) is 6.92 Å². The minimum Gasteiger partial charge on any atom is -0.302 e. The van der Waals surface area contributed by atoms with Gasteiger partial charge in [0.1, 0.15) is 0 Å². The number of hydrogen-bond donors (Lipinski definition) is 2. The van der Waals surface area contributed by atoms with Gasteiger partial charge in [-0.1, -0.05) is 18.3 Å². The number of aromatic nitrogens is 1. The molecule has 114 valence electrons. The number of nitrogens with one attached hydrogen (secondary N) is 2. The Kier molecular flexibility index (Phi) is 6.44. The number of carbonyl (C=O) groups excluding carboxylic acids is 1. The maximum atomic E-state index is 12.2. The first kappa shape index (κ1) is 17.4. The Morgan fingerprint density at radius 3 is 2.70 bits per heavy atom. The van der Waals surface area contributed by atoms with Crippen LogP contribution in [0.1, 0.15) is 26.0 Å². The van der Waals surface area contributed by atoms with Gasteiger partial charge in [-0.2, -0.15) is 11.8 Å². The summed E-state index contributed by atoms with van der Waals surface area (Å²) < 4.78 is 27.2. The molecular formula is C11H19N3O3S3. The predicted molar refractivity (Wildman–Crippen MR) is 83.9 cm³/mol. The molecule has 0 fully saturated rings. The van der Waals surface area contributed by atoms with Crippen molar-refractivity contribution in [1.82, 2.24) is 9.71 Å². The van der Waals surface area contributed by atoms with Gasteiger partial charge in [0, 0.05) is 18.2 Å². The molecule has 1 unspecified atom stereocenters. The highest BCUT2D eigenvalue weighted by atomic mass is 32.2. The molecule has 0 bridgehead atoms. The van der Waals surface area contributed by atoms with E-state index in [1.807, 2.05) is 13.2 Å². The second-order valence-corrected chi connectivity index (χ2v) is 8.09. The highest BCUT2D eigenvalue weighted by Crippen LogP contribution is 2.27. The van der Waals surface area contributed by atoms with Crippen molar-refractivity contribution in [1.29, 1.82) is 0 Å². The number of nitrogens with zero attached hydrogens (tertiary/aromatic N) is 1. The molecule has 1 aromatic heterocycles. The monoisotopic (exact) mass is 337 g/mol. The number of amides is 1. The van der Waals surface area contributed by atoms with E-state index in [0.717, 1.165) is 11.3 Å². The Morgan fingerprint density at radius 1 is 1.50 bits per heavy atom. The summed E-state index contributed by atoms with van der Waals surface area (Å²) in [7, 11) is -3.59. The van der Waals surface area contributed by atoms with E-state index >= 15 is 0 Å². The van der Waals surface area contributed by atoms with Crippen molar-refractivity contribution >= 4 is 44.2 Å². The van der Waals surface area contributed by atoms with Crippen LogP contribution >= 0.6 is 23.1 Å². The maximum absolute atomic E-state index is 12.2. The fourth-order valence-electron chi connectivity index (χ4n) is 1.50. The number of hydrogen-bond acceptors (Lipinski definition) is 6. The molecule has 9 heteroatoms. The summed E-state index contributed by atoms with van der Waals surface area (Å²) >= 11 is 2.54. The summed E-state index contributed by atoms with van der Waals surface area (Å²) in [4.78, 5) is 15.4. The van der Waals surface area contributed by atoms with Crippen LogP contribution in [0.2, 0.25) is 0 Å². The Balaban J connectivity index is 2.92. The van der Waals surface area contributed by atoms with E-state index in [9.17, 15) is 13.2 Å². The number of thiazole rings is 1. The van der Waals surface area contributed by atoms with Gasteiger partial charge in [0.15, 0.2) is 9.34 Å². The van der Waals surface area contributed by atoms with Gasteiger partial charge in [-0.05, 0) is 20.1 Å². The van der Waals surface area contributed by atoms with Crippen molar-refractivity contribution < 1.29 is 13.2 Å². The molecule has 0 radical (unpaired) electrons. The minimum atomic E-state index is -3.59. The van der Waals surface area contributed by atoms with Crippen molar-refractivity contribution in [3.63, 3.8) is 0 Å². The third-order valence-electron chi connectivity index (χ3n) is 2.34. The molecule has 1 aromatic rings. The van der Waals surface area contributed by atoms with E-state index in [1.165, 1.54) is 0 Å². The van der Waals surface area contributed by atoms with Crippen molar-refractivity contribution in [2.75, 3.05) is 17.3 Å². The lowest BCUT2D eigenvalue weighted by atomic mass is 10.4. The summed E-state index contributed by atoms with van der Waals surface area (Å²) in [5.74, 6) is 0.502. The van der Waals surface area contributed by atoms with Gasteiger partial charge in [0.2, 0.25) is 5.91 Å². The summed E-state index contributed by atoms with van der Waals surface area (Å²) in [6, 6.07) is -0.162. The lowest BCUT2D eigenvalue weighted by Crippen LogP contribution is -2.34. The number of aryl methyl sites for hydroxylation is 1. The van der Waals surface area contributed by atoms with E-state index < -0.39 is 10.0 Å². The highest BCUT2D eigenvalue weighted by Gasteiger charge is 2.24. The average molecular weight is 337 g/mol. The maximum Gasteiger partial charge on any atom is 0.252 e. The van der Waals surface area contributed by atoms with E-state index in [4.69, 9.17) is 0 Å². The molecule has 0 aromatic carbocycles. The van der Waals surface area contributed by atoms with Crippen molar-refractivity contribution in [2.24, 2.45) is 0 Å². The van der Waals surface area contributed by atoms with Gasteiger partial charge in [0.05, 0.1) is 5.69 Å². The van der Waals surface area contributed by atoms with Crippen LogP contribution in [0.5, 0.6) is 0 Å². The summed E-state index contributed by atoms with van der Waals surface area (Å²) in [6.07, 6.45) is 2.24. The van der Waals surface area contributed by atoms with Crippen LogP contribution in [-0.4, -0.2) is 37.4 Å². The lowest BCUT2D eigenvalue weighted by Gasteiger charge is -2.11. The quantitative estimate of drug-likeness (QED) is 0.792. The molecule has 1 atom stereocenters. The van der Waals surface area contributed by atoms with Crippen LogP contribution in [0.4, 0.5) is 5.13 Å². The van der Waals surface area contributed by atoms with Crippen LogP contribution < -0.4 is 10.0 Å². The highest BCUT2D eigenvalue weighted by molar-refractivity contribution is 7.98. The van der Waals surface area contributed by atoms with Gasteiger partial charge in [0.25, 0.3) is 10.0 Å². The normalized spacial score (nSPS) is 13.2. The third-order valence-corrected chi connectivity index (χ3v) is 6.44. The summed E-state index contributed by atoms with van der Waals surface area (Å²) in [5, 5.41) is 2.89. The predicted octanol–water partition coefficient (Wildman–Crippen LogP) is 1.83. The topological polar surface area (TPSA) is 88.2 Å². The van der Waals surface area contributed by atoms with Gasteiger partial charge in [-0.15, -0.1) is 0 Å². The first-order chi connectivity index (χ1) is 9.30. The molecule has 0 saturated carbocycles. The lowest BCUT2D eigenvalue weighted by molar-refractivity contribution is -0.115. The second-order valence-electron chi connectivity index (χ2n) is 4.27. The van der Waals surface area contributed by atoms with E-state index in [2.05, 4.69) is 15.0 Å². The van der Waals surface area contributed by atoms with Crippen LogP contribution in [-0.2, 0) is 14.8 Å². The number of thioether (sulfide) groups is 1. The van der Waals surface area contributed by atoms with Gasteiger partial charge in [-0.25, -0.2) is 18.1 Å². The molecule has 0 aliphatic carbocycles. The van der Waals surface area contributed by atoms with Crippen LogP contribution in [0.3, 0.4) is 0 Å². The van der Waals surface area contributed by atoms with Gasteiger partial charge >= 0.3 is 0 Å². The SMILES string of the molecule is CCC(=O)Nc1nc(C)c(S(=O)(=O)NC(C)CSC)s1. The Bertz CT molecular complexity index is 569. The largest absolute Gasteiger partial charge is 0.302 e. The molecule has 0 saturated heterocycles. The molecule has 2 N–H and O–H groups in total. The van der Waals surface area contributed by atoms with E-state index in [-0.39, 0.29) is 16.2 Å². The number of carbonyl (C=O) groups is 1. The molecule has 20 heavy (non-hydrogen) atoms. The number of rotatable bonds is 7. The molecule has 1 amide bonds. The van der Waals surface area contributed by atoms with Gasteiger partial charge in [-0.3, -0.25) is 4.79 Å². The van der Waals surface area contributed by atoms with E-state index in [1.54, 1.807) is 25.6 Å². The number of sulfonamides is 1. The molecule has 0 aliphatic heterocycles.